The third-order valence-electron chi connectivity index (χ3n) is 2.05. The van der Waals surface area contributed by atoms with Crippen molar-refractivity contribution in [1.29, 1.82) is 0 Å². The highest BCUT2D eigenvalue weighted by Gasteiger charge is 1.96. The minimum absolute atomic E-state index is 0.647. The molecule has 1 aromatic rings. The summed E-state index contributed by atoms with van der Waals surface area (Å²) in [4.78, 5) is 0. The highest BCUT2D eigenvalue weighted by Crippen LogP contribution is 1.97. The summed E-state index contributed by atoms with van der Waals surface area (Å²) in [7, 11) is 1.36. The molecular formula is C10H18N2OS. The molecule has 1 unspecified atom stereocenters. The lowest BCUT2D eigenvalue weighted by molar-refractivity contribution is 0.673. The highest BCUT2D eigenvalue weighted by atomic mass is 32.2. The molecule has 1 aromatic heterocycles. The summed E-state index contributed by atoms with van der Waals surface area (Å²) in [6, 6.07) is 2.09. The molecule has 0 bridgehead atoms. The van der Waals surface area contributed by atoms with Gasteiger partial charge in [0.25, 0.3) is 0 Å². The average molecular weight is 214 g/mol. The number of nitrogens with zero attached hydrogens (tertiary/aromatic N) is 1. The Morgan fingerprint density at radius 3 is 2.93 bits per heavy atom. The maximum absolute atomic E-state index is 11.1. The second kappa shape index (κ2) is 5.98. The predicted octanol–water partition coefficient (Wildman–Crippen LogP) is 0.883. The fraction of sp³-hybridized carbons (Fsp3) is 0.600. The topological polar surface area (TPSA) is 34.0 Å². The first-order valence-electron chi connectivity index (χ1n) is 4.89. The van der Waals surface area contributed by atoms with Crippen LogP contribution in [0.15, 0.2) is 18.5 Å². The van der Waals surface area contributed by atoms with E-state index in [0.29, 0.717) is 0 Å². The normalized spacial score (nSPS) is 13.0. The van der Waals surface area contributed by atoms with Gasteiger partial charge >= 0.3 is 0 Å². The van der Waals surface area contributed by atoms with E-state index in [9.17, 15) is 4.21 Å². The number of hydrogen-bond acceptors (Lipinski definition) is 2. The van der Waals surface area contributed by atoms with Crippen LogP contribution in [0.1, 0.15) is 12.5 Å². The number of aryl methyl sites for hydroxylation is 1. The number of aromatic nitrogens is 1. The molecule has 0 radical (unpaired) electrons. The summed E-state index contributed by atoms with van der Waals surface area (Å²) < 4.78 is 13.1. The Kier molecular flexibility index (Phi) is 4.90. The number of hydrogen-bond donors (Lipinski definition) is 1. The van der Waals surface area contributed by atoms with Crippen molar-refractivity contribution in [1.82, 2.24) is 9.88 Å². The van der Waals surface area contributed by atoms with Gasteiger partial charge in [-0.2, -0.15) is 0 Å². The van der Waals surface area contributed by atoms with Gasteiger partial charge in [0, 0.05) is 54.8 Å². The van der Waals surface area contributed by atoms with Crippen molar-refractivity contribution < 1.29 is 4.21 Å². The molecule has 80 valence electrons. The molecule has 0 saturated carbocycles. The van der Waals surface area contributed by atoms with Gasteiger partial charge < -0.3 is 9.88 Å². The molecule has 1 rings (SSSR count). The third-order valence-corrected chi connectivity index (χ3v) is 3.35. The second-order valence-electron chi connectivity index (χ2n) is 3.29. The predicted molar refractivity (Wildman–Crippen MR) is 60.7 cm³/mol. The zero-order chi connectivity index (χ0) is 10.4. The number of rotatable bonds is 6. The lowest BCUT2D eigenvalue weighted by Gasteiger charge is -2.01. The summed E-state index contributed by atoms with van der Waals surface area (Å²) >= 11 is 0. The number of nitrogens with one attached hydrogen (secondary N) is 1. The minimum Gasteiger partial charge on any atom is -0.357 e. The summed E-state index contributed by atoms with van der Waals surface area (Å²) in [6.45, 7) is 3.64. The van der Waals surface area contributed by atoms with Crippen molar-refractivity contribution in [3.63, 3.8) is 0 Å². The van der Waals surface area contributed by atoms with Crippen molar-refractivity contribution in [2.24, 2.45) is 7.05 Å². The Morgan fingerprint density at radius 1 is 1.57 bits per heavy atom. The fourth-order valence-electron chi connectivity index (χ4n) is 1.23. The van der Waals surface area contributed by atoms with Crippen molar-refractivity contribution in [2.75, 3.05) is 18.1 Å². The van der Waals surface area contributed by atoms with Crippen LogP contribution < -0.4 is 5.32 Å². The van der Waals surface area contributed by atoms with Crippen LogP contribution in [0.3, 0.4) is 0 Å². The molecule has 0 fully saturated rings. The average Bonchev–Trinajstić information content (AvgIpc) is 2.58. The van der Waals surface area contributed by atoms with Crippen LogP contribution in [0.25, 0.3) is 0 Å². The van der Waals surface area contributed by atoms with E-state index >= 15 is 0 Å². The summed E-state index contributed by atoms with van der Waals surface area (Å²) in [5, 5.41) is 3.27. The van der Waals surface area contributed by atoms with Gasteiger partial charge in [0.2, 0.25) is 0 Å². The molecule has 0 aliphatic carbocycles. The van der Waals surface area contributed by atoms with Crippen LogP contribution in [-0.2, 0) is 24.4 Å². The Bertz CT molecular complexity index is 296. The van der Waals surface area contributed by atoms with Gasteiger partial charge in [-0.15, -0.1) is 0 Å². The second-order valence-corrected chi connectivity index (χ2v) is 5.16. The lowest BCUT2D eigenvalue weighted by Crippen LogP contribution is -2.20. The minimum atomic E-state index is -0.647. The zero-order valence-electron chi connectivity index (χ0n) is 8.82. The molecule has 0 saturated heterocycles. The van der Waals surface area contributed by atoms with E-state index in [2.05, 4.69) is 17.6 Å². The molecule has 0 aliphatic heterocycles. The molecular weight excluding hydrogens is 196 g/mol. The van der Waals surface area contributed by atoms with Crippen LogP contribution in [0.5, 0.6) is 0 Å². The summed E-state index contributed by atoms with van der Waals surface area (Å²) in [5.74, 6) is 1.51. The van der Waals surface area contributed by atoms with Gasteiger partial charge in [-0.3, -0.25) is 4.21 Å². The van der Waals surface area contributed by atoms with Gasteiger partial charge in [-0.1, -0.05) is 6.92 Å². The molecule has 1 atom stereocenters. The maximum atomic E-state index is 11.1. The van der Waals surface area contributed by atoms with Gasteiger partial charge in [0.15, 0.2) is 0 Å². The van der Waals surface area contributed by atoms with E-state index in [1.165, 1.54) is 5.56 Å². The highest BCUT2D eigenvalue weighted by molar-refractivity contribution is 7.84. The molecule has 4 heteroatoms. The van der Waals surface area contributed by atoms with E-state index in [-0.39, 0.29) is 0 Å². The maximum Gasteiger partial charge on any atom is 0.0360 e. The summed E-state index contributed by atoms with van der Waals surface area (Å²) in [6.07, 6.45) is 4.12. The molecule has 0 aromatic carbocycles. The lowest BCUT2D eigenvalue weighted by atomic mass is 10.3. The van der Waals surface area contributed by atoms with Crippen LogP contribution in [0.4, 0.5) is 0 Å². The van der Waals surface area contributed by atoms with Crippen LogP contribution >= 0.6 is 0 Å². The largest absolute Gasteiger partial charge is 0.357 e. The molecule has 1 heterocycles. The van der Waals surface area contributed by atoms with Crippen molar-refractivity contribution in [3.8, 4) is 0 Å². The Morgan fingerprint density at radius 2 is 2.36 bits per heavy atom. The zero-order valence-corrected chi connectivity index (χ0v) is 9.64. The Hall–Kier alpha value is -0.610. The van der Waals surface area contributed by atoms with Crippen molar-refractivity contribution in [2.45, 2.75) is 13.5 Å². The van der Waals surface area contributed by atoms with Crippen molar-refractivity contribution >= 4 is 10.8 Å². The first-order chi connectivity index (χ1) is 6.72. The van der Waals surface area contributed by atoms with Crippen LogP contribution in [0.2, 0.25) is 0 Å². The molecule has 1 N–H and O–H groups in total. The van der Waals surface area contributed by atoms with E-state index in [4.69, 9.17) is 0 Å². The van der Waals surface area contributed by atoms with Gasteiger partial charge in [0.05, 0.1) is 0 Å². The fourth-order valence-corrected chi connectivity index (χ4v) is 1.89. The van der Waals surface area contributed by atoms with E-state index < -0.39 is 10.8 Å². The SMILES string of the molecule is CCS(=O)CCNCc1ccn(C)c1. The van der Waals surface area contributed by atoms with Gasteiger partial charge in [0.1, 0.15) is 0 Å². The first kappa shape index (κ1) is 11.5. The Labute approximate surface area is 88.0 Å². The first-order valence-corrected chi connectivity index (χ1v) is 6.37. The molecule has 14 heavy (non-hydrogen) atoms. The monoisotopic (exact) mass is 214 g/mol. The van der Waals surface area contributed by atoms with Gasteiger partial charge in [-0.25, -0.2) is 0 Å². The standard InChI is InChI=1S/C10H18N2OS/c1-3-14(13)7-5-11-8-10-4-6-12(2)9-10/h4,6,9,11H,3,5,7-8H2,1-2H3. The molecule has 0 amide bonds. The van der Waals surface area contributed by atoms with Crippen molar-refractivity contribution in [3.05, 3.63) is 24.0 Å². The quantitative estimate of drug-likeness (QED) is 0.713. The molecule has 0 aliphatic rings. The van der Waals surface area contributed by atoms with Crippen LogP contribution in [-0.4, -0.2) is 26.8 Å². The van der Waals surface area contributed by atoms with Gasteiger partial charge in [-0.05, 0) is 11.6 Å². The Balaban J connectivity index is 2.13. The van der Waals surface area contributed by atoms with E-state index in [0.717, 1.165) is 24.6 Å². The van der Waals surface area contributed by atoms with Crippen LogP contribution in [0, 0.1) is 0 Å². The molecule has 3 nitrogen and oxygen atoms in total. The van der Waals surface area contributed by atoms with E-state index in [1.807, 2.05) is 24.7 Å². The third kappa shape index (κ3) is 4.07. The summed E-state index contributed by atoms with van der Waals surface area (Å²) in [5.41, 5.74) is 1.27. The van der Waals surface area contributed by atoms with E-state index in [1.54, 1.807) is 0 Å². The molecule has 0 spiro atoms. The smallest absolute Gasteiger partial charge is 0.0360 e.